The predicted molar refractivity (Wildman–Crippen MR) is 90.7 cm³/mol. The van der Waals surface area contributed by atoms with Gasteiger partial charge in [0.2, 0.25) is 0 Å². The first-order chi connectivity index (χ1) is 11.7. The molecule has 5 heteroatoms. The molecule has 2 heterocycles. The highest BCUT2D eigenvalue weighted by atomic mass is 16.5. The number of hydrogen-bond donors (Lipinski definition) is 1. The Morgan fingerprint density at radius 1 is 1.17 bits per heavy atom. The van der Waals surface area contributed by atoms with E-state index >= 15 is 0 Å². The van der Waals surface area contributed by atoms with E-state index in [2.05, 4.69) is 5.32 Å². The average Bonchev–Trinajstić information content (AvgIpc) is 3.22. The maximum atomic E-state index is 12.4. The number of methoxy groups -OCH3 is 1. The van der Waals surface area contributed by atoms with Crippen molar-refractivity contribution in [3.05, 3.63) is 65.4 Å². The van der Waals surface area contributed by atoms with Crippen LogP contribution in [0.3, 0.4) is 0 Å². The van der Waals surface area contributed by atoms with Gasteiger partial charge >= 0.3 is 6.03 Å². The Balaban J connectivity index is 1.40. The molecule has 0 bridgehead atoms. The summed E-state index contributed by atoms with van der Waals surface area (Å²) < 4.78 is 11.0. The van der Waals surface area contributed by atoms with Crippen LogP contribution in [0.15, 0.2) is 52.9 Å². The number of para-hydroxylation sites is 1. The van der Waals surface area contributed by atoms with Crippen molar-refractivity contribution in [2.75, 3.05) is 7.11 Å². The van der Waals surface area contributed by atoms with Crippen molar-refractivity contribution < 1.29 is 13.9 Å². The molecule has 4 rings (SSSR count). The standard InChI is InChI=1S/C19H18N2O3/c1-23-16-7-6-14-11-21(12-15(14)9-16)19(22)20-10-17-8-13-4-2-3-5-18(13)24-17/h2-9H,10-12H2,1H3,(H,20,22). The molecule has 1 N–H and O–H groups in total. The molecule has 0 spiro atoms. The summed E-state index contributed by atoms with van der Waals surface area (Å²) in [4.78, 5) is 14.2. The largest absolute Gasteiger partial charge is 0.497 e. The zero-order valence-corrected chi connectivity index (χ0v) is 13.4. The second-order valence-electron chi connectivity index (χ2n) is 5.90. The summed E-state index contributed by atoms with van der Waals surface area (Å²) >= 11 is 0. The minimum atomic E-state index is -0.0920. The Morgan fingerprint density at radius 3 is 2.83 bits per heavy atom. The van der Waals surface area contributed by atoms with Gasteiger partial charge < -0.3 is 19.4 Å². The van der Waals surface area contributed by atoms with E-state index in [0.29, 0.717) is 19.6 Å². The Morgan fingerprint density at radius 2 is 2.00 bits per heavy atom. The summed E-state index contributed by atoms with van der Waals surface area (Å²) in [7, 11) is 1.65. The van der Waals surface area contributed by atoms with Crippen LogP contribution in [-0.2, 0) is 19.6 Å². The van der Waals surface area contributed by atoms with Crippen LogP contribution >= 0.6 is 0 Å². The van der Waals surface area contributed by atoms with Gasteiger partial charge in [0.05, 0.1) is 13.7 Å². The fourth-order valence-electron chi connectivity index (χ4n) is 3.04. The number of benzene rings is 2. The minimum Gasteiger partial charge on any atom is -0.497 e. The molecule has 0 saturated carbocycles. The number of nitrogens with zero attached hydrogens (tertiary/aromatic N) is 1. The molecule has 2 amide bonds. The molecule has 0 aliphatic carbocycles. The number of urea groups is 1. The molecule has 0 fully saturated rings. The van der Waals surface area contributed by atoms with E-state index in [1.165, 1.54) is 0 Å². The van der Waals surface area contributed by atoms with Crippen molar-refractivity contribution in [2.45, 2.75) is 19.6 Å². The van der Waals surface area contributed by atoms with E-state index in [1.54, 1.807) is 12.0 Å². The van der Waals surface area contributed by atoms with E-state index in [1.807, 2.05) is 48.5 Å². The van der Waals surface area contributed by atoms with Crippen LogP contribution in [0.2, 0.25) is 0 Å². The van der Waals surface area contributed by atoms with Crippen LogP contribution in [0.25, 0.3) is 11.0 Å². The fourth-order valence-corrected chi connectivity index (χ4v) is 3.04. The molecule has 0 radical (unpaired) electrons. The highest BCUT2D eigenvalue weighted by Gasteiger charge is 2.23. The lowest BCUT2D eigenvalue weighted by molar-refractivity contribution is 0.197. The summed E-state index contributed by atoms with van der Waals surface area (Å²) in [6.45, 7) is 1.59. The number of nitrogens with one attached hydrogen (secondary N) is 1. The smallest absolute Gasteiger partial charge is 0.318 e. The normalized spacial score (nSPS) is 13.1. The molecule has 5 nitrogen and oxygen atoms in total. The number of amides is 2. The lowest BCUT2D eigenvalue weighted by Crippen LogP contribution is -2.35. The summed E-state index contributed by atoms with van der Waals surface area (Å²) in [5.74, 6) is 1.57. The van der Waals surface area contributed by atoms with Gasteiger partial charge in [-0.05, 0) is 35.4 Å². The van der Waals surface area contributed by atoms with Gasteiger partial charge in [-0.3, -0.25) is 0 Å². The number of hydrogen-bond acceptors (Lipinski definition) is 3. The zero-order valence-electron chi connectivity index (χ0n) is 13.4. The SMILES string of the molecule is COc1ccc2c(c1)CN(C(=O)NCc1cc3ccccc3o1)C2. The Hall–Kier alpha value is -2.95. The van der Waals surface area contributed by atoms with E-state index in [-0.39, 0.29) is 6.03 Å². The highest BCUT2D eigenvalue weighted by Crippen LogP contribution is 2.26. The number of carbonyl (C=O) groups is 1. The van der Waals surface area contributed by atoms with Crippen LogP contribution < -0.4 is 10.1 Å². The summed E-state index contributed by atoms with van der Waals surface area (Å²) in [6.07, 6.45) is 0. The van der Waals surface area contributed by atoms with Crippen LogP contribution in [0.1, 0.15) is 16.9 Å². The molecule has 1 aromatic heterocycles. The van der Waals surface area contributed by atoms with Crippen LogP contribution in [0.5, 0.6) is 5.75 Å². The lowest BCUT2D eigenvalue weighted by atomic mass is 10.1. The van der Waals surface area contributed by atoms with Gasteiger partial charge in [-0.1, -0.05) is 24.3 Å². The summed E-state index contributed by atoms with van der Waals surface area (Å²) in [5.41, 5.74) is 3.13. The Kier molecular flexibility index (Phi) is 3.61. The minimum absolute atomic E-state index is 0.0920. The summed E-state index contributed by atoms with van der Waals surface area (Å²) in [5, 5.41) is 3.97. The second kappa shape index (κ2) is 5.92. The van der Waals surface area contributed by atoms with Gasteiger partial charge in [-0.15, -0.1) is 0 Å². The van der Waals surface area contributed by atoms with Gasteiger partial charge in [0.1, 0.15) is 17.1 Å². The monoisotopic (exact) mass is 322 g/mol. The van der Waals surface area contributed by atoms with Gasteiger partial charge in [0, 0.05) is 18.5 Å². The maximum Gasteiger partial charge on any atom is 0.318 e. The third kappa shape index (κ3) is 2.69. The van der Waals surface area contributed by atoms with E-state index < -0.39 is 0 Å². The molecule has 0 saturated heterocycles. The van der Waals surface area contributed by atoms with Crippen LogP contribution in [-0.4, -0.2) is 18.0 Å². The quantitative estimate of drug-likeness (QED) is 0.800. The Labute approximate surface area is 139 Å². The first kappa shape index (κ1) is 14.6. The number of furan rings is 1. The molecule has 122 valence electrons. The predicted octanol–water partition coefficient (Wildman–Crippen LogP) is 3.67. The maximum absolute atomic E-state index is 12.4. The number of ether oxygens (including phenoxy) is 1. The van der Waals surface area contributed by atoms with E-state index in [4.69, 9.17) is 9.15 Å². The topological polar surface area (TPSA) is 54.7 Å². The number of fused-ring (bicyclic) bond motifs is 2. The first-order valence-electron chi connectivity index (χ1n) is 7.89. The van der Waals surface area contributed by atoms with Crippen molar-refractivity contribution in [2.24, 2.45) is 0 Å². The van der Waals surface area contributed by atoms with Crippen molar-refractivity contribution in [1.82, 2.24) is 10.2 Å². The van der Waals surface area contributed by atoms with Crippen molar-refractivity contribution in [1.29, 1.82) is 0 Å². The van der Waals surface area contributed by atoms with Gasteiger partial charge in [-0.25, -0.2) is 4.79 Å². The van der Waals surface area contributed by atoms with Gasteiger partial charge in [-0.2, -0.15) is 0 Å². The zero-order chi connectivity index (χ0) is 16.5. The lowest BCUT2D eigenvalue weighted by Gasteiger charge is -2.15. The third-order valence-electron chi connectivity index (χ3n) is 4.31. The molecular weight excluding hydrogens is 304 g/mol. The average molecular weight is 322 g/mol. The van der Waals surface area contributed by atoms with Crippen molar-refractivity contribution in [3.8, 4) is 5.75 Å². The molecule has 24 heavy (non-hydrogen) atoms. The highest BCUT2D eigenvalue weighted by molar-refractivity contribution is 5.78. The van der Waals surface area contributed by atoms with Crippen LogP contribution in [0.4, 0.5) is 4.79 Å². The van der Waals surface area contributed by atoms with Gasteiger partial charge in [0.15, 0.2) is 0 Å². The molecule has 2 aromatic carbocycles. The number of rotatable bonds is 3. The van der Waals surface area contributed by atoms with Gasteiger partial charge in [0.25, 0.3) is 0 Å². The van der Waals surface area contributed by atoms with Crippen molar-refractivity contribution >= 4 is 17.0 Å². The van der Waals surface area contributed by atoms with Crippen molar-refractivity contribution in [3.63, 3.8) is 0 Å². The molecule has 1 aliphatic rings. The molecule has 0 atom stereocenters. The molecule has 0 unspecified atom stereocenters. The second-order valence-corrected chi connectivity index (χ2v) is 5.90. The molecule has 1 aliphatic heterocycles. The van der Waals surface area contributed by atoms with Crippen LogP contribution in [0, 0.1) is 0 Å². The molecular formula is C19H18N2O3. The fraction of sp³-hybridized carbons (Fsp3) is 0.211. The van der Waals surface area contributed by atoms with E-state index in [9.17, 15) is 4.79 Å². The van der Waals surface area contributed by atoms with E-state index in [0.717, 1.165) is 33.6 Å². The number of carbonyl (C=O) groups excluding carboxylic acids is 1. The Bertz CT molecular complexity index is 868. The summed E-state index contributed by atoms with van der Waals surface area (Å²) in [6, 6.07) is 15.6. The third-order valence-corrected chi connectivity index (χ3v) is 4.31. The first-order valence-corrected chi connectivity index (χ1v) is 7.89. The molecule has 3 aromatic rings.